The highest BCUT2D eigenvalue weighted by atomic mass is 32.2. The van der Waals surface area contributed by atoms with Crippen molar-refractivity contribution in [2.75, 3.05) is 16.8 Å². The number of carbonyl (C=O) groups is 4. The fourth-order valence-electron chi connectivity index (χ4n) is 5.21. The maximum absolute atomic E-state index is 13.6. The van der Waals surface area contributed by atoms with Crippen molar-refractivity contribution in [1.29, 1.82) is 0 Å². The van der Waals surface area contributed by atoms with Gasteiger partial charge in [-0.25, -0.2) is 4.90 Å². The van der Waals surface area contributed by atoms with Crippen molar-refractivity contribution in [1.82, 2.24) is 5.32 Å². The van der Waals surface area contributed by atoms with E-state index in [0.717, 1.165) is 10.6 Å². The van der Waals surface area contributed by atoms with E-state index in [1.54, 1.807) is 97.1 Å². The Balaban J connectivity index is 1.11. The molecular weight excluding hydrogens is 663 g/mol. The number of nitrogens with one attached hydrogen (secondary N) is 2. The molecule has 1 saturated heterocycles. The zero-order valence-corrected chi connectivity index (χ0v) is 28.4. The highest BCUT2D eigenvalue weighted by molar-refractivity contribution is 8.00. The Morgan fingerprint density at radius 1 is 0.804 bits per heavy atom. The molecule has 5 aromatic carbocycles. The zero-order chi connectivity index (χ0) is 35.6. The summed E-state index contributed by atoms with van der Waals surface area (Å²) in [5, 5.41) is 13.4. The fourth-order valence-corrected chi connectivity index (χ4v) is 6.26. The average molecular weight is 696 g/mol. The Hall–Kier alpha value is -6.33. The number of hydrogen-bond acceptors (Lipinski definition) is 8. The first kappa shape index (κ1) is 34.5. The predicted octanol–water partition coefficient (Wildman–Crippen LogP) is 8.33. The summed E-state index contributed by atoms with van der Waals surface area (Å²) in [6.07, 6.45) is 1.62. The van der Waals surface area contributed by atoms with Gasteiger partial charge in [-0.1, -0.05) is 54.6 Å². The lowest BCUT2D eigenvalue weighted by atomic mass is 10.1. The summed E-state index contributed by atoms with van der Waals surface area (Å²) in [5.41, 5.74) is 3.30. The smallest absolute Gasteiger partial charge is 0.272 e. The second kappa shape index (κ2) is 16.4. The van der Waals surface area contributed by atoms with E-state index in [-0.39, 0.29) is 23.9 Å². The van der Waals surface area contributed by atoms with Gasteiger partial charge in [-0.2, -0.15) is 10.2 Å². The average Bonchev–Trinajstić information content (AvgIpc) is 3.44. The van der Waals surface area contributed by atoms with Crippen molar-refractivity contribution in [3.63, 3.8) is 0 Å². The van der Waals surface area contributed by atoms with Crippen molar-refractivity contribution < 1.29 is 23.9 Å². The van der Waals surface area contributed by atoms with Gasteiger partial charge in [0.05, 0.1) is 28.9 Å². The molecule has 0 saturated carbocycles. The van der Waals surface area contributed by atoms with Gasteiger partial charge in [0.1, 0.15) is 11.4 Å². The quantitative estimate of drug-likeness (QED) is 0.0767. The van der Waals surface area contributed by atoms with Gasteiger partial charge in [0.25, 0.3) is 11.8 Å². The molecule has 0 aromatic heterocycles. The summed E-state index contributed by atoms with van der Waals surface area (Å²) in [5.74, 6) is -1.00. The molecule has 4 amide bonds. The first-order valence-electron chi connectivity index (χ1n) is 16.2. The molecule has 254 valence electrons. The second-order valence-corrected chi connectivity index (χ2v) is 12.5. The van der Waals surface area contributed by atoms with Gasteiger partial charge in [0.2, 0.25) is 11.8 Å². The van der Waals surface area contributed by atoms with Crippen LogP contribution in [0.4, 0.5) is 22.7 Å². The number of nitrogens with zero attached hydrogens (tertiary/aromatic N) is 3. The van der Waals surface area contributed by atoms with E-state index in [4.69, 9.17) is 4.74 Å². The lowest BCUT2D eigenvalue weighted by Gasteiger charge is -2.15. The molecule has 1 aliphatic heterocycles. The van der Waals surface area contributed by atoms with Crippen LogP contribution >= 0.6 is 11.8 Å². The summed E-state index contributed by atoms with van der Waals surface area (Å²) in [7, 11) is 0. The Labute approximate surface area is 299 Å². The number of azo groups is 1. The largest absolute Gasteiger partial charge is 0.493 e. The lowest BCUT2D eigenvalue weighted by molar-refractivity contribution is -0.121. The number of benzene rings is 5. The summed E-state index contributed by atoms with van der Waals surface area (Å²) in [4.78, 5) is 54.8. The van der Waals surface area contributed by atoms with Crippen LogP contribution in [0.15, 0.2) is 154 Å². The van der Waals surface area contributed by atoms with Crippen LogP contribution in [-0.2, 0) is 14.4 Å². The lowest BCUT2D eigenvalue weighted by Crippen LogP contribution is -2.31. The van der Waals surface area contributed by atoms with E-state index in [1.807, 2.05) is 49.4 Å². The summed E-state index contributed by atoms with van der Waals surface area (Å²) < 4.78 is 5.72. The molecule has 0 bridgehead atoms. The number of hydrogen-bond donors (Lipinski definition) is 2. The standard InChI is InChI=1S/C40H33N5O5S/c1-2-50-35-16-10-9-13-28(35)25-34(42-38(47)27-11-5-3-6-12-27)39(48)41-29-19-23-33(24-20-29)51-36-26-37(46)45(40(36)49)32-21-17-31(18-22-32)44-43-30-14-7-4-8-15-30/h3-25,36H,2,26H2,1H3,(H,41,48)(H,42,47). The van der Waals surface area contributed by atoms with Gasteiger partial charge in [0, 0.05) is 28.1 Å². The number of anilines is 2. The van der Waals surface area contributed by atoms with Crippen LogP contribution in [0.1, 0.15) is 29.3 Å². The van der Waals surface area contributed by atoms with Crippen molar-refractivity contribution in [2.24, 2.45) is 10.2 Å². The van der Waals surface area contributed by atoms with E-state index in [1.165, 1.54) is 16.7 Å². The van der Waals surface area contributed by atoms with Crippen molar-refractivity contribution in [2.45, 2.75) is 23.5 Å². The van der Waals surface area contributed by atoms with E-state index >= 15 is 0 Å². The van der Waals surface area contributed by atoms with Crippen LogP contribution in [0.25, 0.3) is 6.08 Å². The third kappa shape index (κ3) is 8.83. The zero-order valence-electron chi connectivity index (χ0n) is 27.6. The van der Waals surface area contributed by atoms with Crippen LogP contribution in [0.3, 0.4) is 0 Å². The minimum absolute atomic E-state index is 0.0249. The predicted molar refractivity (Wildman–Crippen MR) is 198 cm³/mol. The van der Waals surface area contributed by atoms with Crippen molar-refractivity contribution in [3.8, 4) is 5.75 Å². The van der Waals surface area contributed by atoms with Crippen molar-refractivity contribution in [3.05, 3.63) is 150 Å². The number of para-hydroxylation sites is 1. The molecule has 1 atom stereocenters. The number of carbonyl (C=O) groups excluding carboxylic acids is 4. The molecule has 51 heavy (non-hydrogen) atoms. The Morgan fingerprint density at radius 2 is 1.43 bits per heavy atom. The van der Waals surface area contributed by atoms with Crippen LogP contribution in [0.5, 0.6) is 5.75 Å². The van der Waals surface area contributed by atoms with Gasteiger partial charge < -0.3 is 15.4 Å². The molecule has 0 spiro atoms. The molecule has 0 radical (unpaired) electrons. The highest BCUT2D eigenvalue weighted by Gasteiger charge is 2.40. The molecule has 1 aliphatic rings. The van der Waals surface area contributed by atoms with E-state index < -0.39 is 17.1 Å². The molecule has 11 heteroatoms. The number of imide groups is 1. The van der Waals surface area contributed by atoms with E-state index in [2.05, 4.69) is 20.9 Å². The van der Waals surface area contributed by atoms with Gasteiger partial charge in [-0.15, -0.1) is 11.8 Å². The normalized spacial score (nSPS) is 14.5. The molecule has 1 heterocycles. The minimum atomic E-state index is -0.608. The van der Waals surface area contributed by atoms with Gasteiger partial charge in [-0.3, -0.25) is 19.2 Å². The van der Waals surface area contributed by atoms with Gasteiger partial charge in [0.15, 0.2) is 0 Å². The van der Waals surface area contributed by atoms with E-state index in [9.17, 15) is 19.2 Å². The number of rotatable bonds is 12. The molecule has 5 aromatic rings. The maximum Gasteiger partial charge on any atom is 0.272 e. The summed E-state index contributed by atoms with van der Waals surface area (Å²) in [6.45, 7) is 2.30. The van der Waals surface area contributed by atoms with Crippen LogP contribution in [0.2, 0.25) is 0 Å². The van der Waals surface area contributed by atoms with Crippen LogP contribution < -0.4 is 20.3 Å². The summed E-state index contributed by atoms with van der Waals surface area (Å²) in [6, 6.07) is 38.9. The first-order chi connectivity index (χ1) is 24.9. The topological polar surface area (TPSA) is 130 Å². The van der Waals surface area contributed by atoms with Crippen LogP contribution in [-0.4, -0.2) is 35.5 Å². The molecule has 2 N–H and O–H groups in total. The molecule has 0 aliphatic carbocycles. The third-order valence-corrected chi connectivity index (χ3v) is 8.89. The summed E-state index contributed by atoms with van der Waals surface area (Å²) >= 11 is 1.28. The second-order valence-electron chi connectivity index (χ2n) is 11.3. The SMILES string of the molecule is CCOc1ccccc1C=C(NC(=O)c1ccccc1)C(=O)Nc1ccc(SC2CC(=O)N(c3ccc(N=Nc4ccccc4)cc3)C2=O)cc1. The van der Waals surface area contributed by atoms with Crippen molar-refractivity contribution >= 4 is 64.2 Å². The minimum Gasteiger partial charge on any atom is -0.493 e. The van der Waals surface area contributed by atoms with Gasteiger partial charge in [-0.05, 0) is 91.9 Å². The Bertz CT molecular complexity index is 2090. The maximum atomic E-state index is 13.6. The molecule has 6 rings (SSSR count). The molecular formula is C40H33N5O5S. The number of ether oxygens (including phenoxy) is 1. The molecule has 10 nitrogen and oxygen atoms in total. The number of amides is 4. The monoisotopic (exact) mass is 695 g/mol. The third-order valence-electron chi connectivity index (χ3n) is 7.69. The fraction of sp³-hybridized carbons (Fsp3) is 0.100. The molecule has 1 fully saturated rings. The highest BCUT2D eigenvalue weighted by Crippen LogP contribution is 2.35. The van der Waals surface area contributed by atoms with Crippen LogP contribution in [0, 0.1) is 0 Å². The molecule has 1 unspecified atom stereocenters. The Morgan fingerprint density at radius 3 is 2.12 bits per heavy atom. The number of thioether (sulfide) groups is 1. The Kier molecular flexibility index (Phi) is 11.1. The van der Waals surface area contributed by atoms with E-state index in [0.29, 0.717) is 40.5 Å². The first-order valence-corrected chi connectivity index (χ1v) is 17.1. The van der Waals surface area contributed by atoms with Gasteiger partial charge >= 0.3 is 0 Å².